The van der Waals surface area contributed by atoms with Crippen LogP contribution in [0.25, 0.3) is 0 Å². The van der Waals surface area contributed by atoms with Crippen LogP contribution < -0.4 is 5.32 Å². The quantitative estimate of drug-likeness (QED) is 0.826. The predicted octanol–water partition coefficient (Wildman–Crippen LogP) is 2.64. The third-order valence-electron chi connectivity index (χ3n) is 4.81. The minimum Gasteiger partial charge on any atom is -0.350 e. The molecule has 144 valence electrons. The molecule has 1 aliphatic heterocycles. The van der Waals surface area contributed by atoms with Crippen LogP contribution in [-0.2, 0) is 21.4 Å². The zero-order valence-electron chi connectivity index (χ0n) is 15.5. The van der Waals surface area contributed by atoms with Crippen LogP contribution in [0.2, 0.25) is 0 Å². The van der Waals surface area contributed by atoms with Crippen molar-refractivity contribution < 1.29 is 13.2 Å². The Morgan fingerprint density at radius 2 is 1.96 bits per heavy atom. The Labute approximate surface area is 160 Å². The Hall–Kier alpha value is -2.25. The van der Waals surface area contributed by atoms with E-state index in [1.165, 1.54) is 4.31 Å². The highest BCUT2D eigenvalue weighted by Crippen LogP contribution is 2.27. The molecule has 1 fully saturated rings. The van der Waals surface area contributed by atoms with Crippen LogP contribution in [0, 0.1) is 6.92 Å². The summed E-state index contributed by atoms with van der Waals surface area (Å²) in [6.45, 7) is 2.72. The molecule has 1 amide bonds. The number of benzene rings is 1. The van der Waals surface area contributed by atoms with Gasteiger partial charge in [-0.05, 0) is 44.0 Å². The molecule has 0 bridgehead atoms. The summed E-state index contributed by atoms with van der Waals surface area (Å²) in [7, 11) is -3.60. The lowest BCUT2D eigenvalue weighted by atomic mass is 10.0. The first-order valence-electron chi connectivity index (χ1n) is 9.22. The summed E-state index contributed by atoms with van der Waals surface area (Å²) in [6.07, 6.45) is 4.29. The minimum absolute atomic E-state index is 0.156. The molecule has 0 saturated carbocycles. The van der Waals surface area contributed by atoms with E-state index in [1.807, 2.05) is 25.1 Å². The van der Waals surface area contributed by atoms with E-state index < -0.39 is 10.0 Å². The fourth-order valence-electron chi connectivity index (χ4n) is 3.32. The van der Waals surface area contributed by atoms with Gasteiger partial charge in [-0.25, -0.2) is 8.42 Å². The Kier molecular flexibility index (Phi) is 6.23. The molecule has 1 aliphatic rings. The SMILES string of the molecule is Cc1ccc(S(=O)(=O)N2CCCC[C@@H]2CC(=O)NCc2ccccn2)cc1. The molecule has 27 heavy (non-hydrogen) atoms. The number of hydrogen-bond donors (Lipinski definition) is 1. The first kappa shape index (κ1) is 19.5. The van der Waals surface area contributed by atoms with E-state index in [0.29, 0.717) is 19.5 Å². The van der Waals surface area contributed by atoms with Crippen LogP contribution >= 0.6 is 0 Å². The summed E-state index contributed by atoms with van der Waals surface area (Å²) in [5, 5.41) is 2.84. The number of amides is 1. The number of rotatable bonds is 6. The molecule has 7 heteroatoms. The summed E-state index contributed by atoms with van der Waals surface area (Å²) < 4.78 is 27.6. The van der Waals surface area contributed by atoms with Crippen molar-refractivity contribution in [2.75, 3.05) is 6.54 Å². The molecule has 0 aliphatic carbocycles. The second-order valence-electron chi connectivity index (χ2n) is 6.88. The van der Waals surface area contributed by atoms with Gasteiger partial charge in [0.2, 0.25) is 15.9 Å². The Bertz CT molecular complexity index is 867. The molecule has 1 atom stereocenters. The third-order valence-corrected chi connectivity index (χ3v) is 6.78. The van der Waals surface area contributed by atoms with Crippen molar-refractivity contribution >= 4 is 15.9 Å². The molecule has 1 aromatic carbocycles. The topological polar surface area (TPSA) is 79.4 Å². The number of carbonyl (C=O) groups excluding carboxylic acids is 1. The van der Waals surface area contributed by atoms with Crippen LogP contribution in [0.1, 0.15) is 36.9 Å². The fraction of sp³-hybridized carbons (Fsp3) is 0.400. The van der Waals surface area contributed by atoms with E-state index in [-0.39, 0.29) is 23.3 Å². The number of piperidine rings is 1. The molecule has 3 rings (SSSR count). The number of hydrogen-bond acceptors (Lipinski definition) is 4. The maximum Gasteiger partial charge on any atom is 0.243 e. The fourth-order valence-corrected chi connectivity index (χ4v) is 5.01. The third kappa shape index (κ3) is 4.93. The molecule has 0 spiro atoms. The van der Waals surface area contributed by atoms with Gasteiger partial charge < -0.3 is 5.32 Å². The second kappa shape index (κ2) is 8.63. The number of sulfonamides is 1. The van der Waals surface area contributed by atoms with Crippen molar-refractivity contribution in [1.29, 1.82) is 0 Å². The molecule has 2 aromatic rings. The molecule has 6 nitrogen and oxygen atoms in total. The van der Waals surface area contributed by atoms with Crippen LogP contribution in [0.4, 0.5) is 0 Å². The van der Waals surface area contributed by atoms with Gasteiger partial charge >= 0.3 is 0 Å². The molecule has 1 saturated heterocycles. The van der Waals surface area contributed by atoms with E-state index in [1.54, 1.807) is 30.5 Å². The van der Waals surface area contributed by atoms with Crippen molar-refractivity contribution in [1.82, 2.24) is 14.6 Å². The smallest absolute Gasteiger partial charge is 0.243 e. The van der Waals surface area contributed by atoms with Crippen molar-refractivity contribution in [2.24, 2.45) is 0 Å². The highest BCUT2D eigenvalue weighted by molar-refractivity contribution is 7.89. The molecule has 0 unspecified atom stereocenters. The molecule has 2 heterocycles. The van der Waals surface area contributed by atoms with E-state index >= 15 is 0 Å². The van der Waals surface area contributed by atoms with E-state index in [2.05, 4.69) is 10.3 Å². The van der Waals surface area contributed by atoms with Gasteiger partial charge in [-0.2, -0.15) is 4.31 Å². The van der Waals surface area contributed by atoms with Crippen molar-refractivity contribution in [3.63, 3.8) is 0 Å². The Balaban J connectivity index is 1.67. The number of aryl methyl sites for hydroxylation is 1. The largest absolute Gasteiger partial charge is 0.350 e. The van der Waals surface area contributed by atoms with Crippen molar-refractivity contribution in [3.05, 3.63) is 59.9 Å². The summed E-state index contributed by atoms with van der Waals surface area (Å²) in [5.41, 5.74) is 1.79. The molecular formula is C20H25N3O3S. The lowest BCUT2D eigenvalue weighted by Crippen LogP contribution is -2.45. The highest BCUT2D eigenvalue weighted by atomic mass is 32.2. The standard InChI is InChI=1S/C20H25N3O3S/c1-16-8-10-19(11-9-16)27(25,26)23-13-5-3-7-18(23)14-20(24)22-15-17-6-2-4-12-21-17/h2,4,6,8-12,18H,3,5,7,13-15H2,1H3,(H,22,24)/t18-/m1/s1. The van der Waals surface area contributed by atoms with Crippen molar-refractivity contribution in [3.8, 4) is 0 Å². The zero-order valence-corrected chi connectivity index (χ0v) is 16.3. The van der Waals surface area contributed by atoms with Crippen LogP contribution in [0.5, 0.6) is 0 Å². The lowest BCUT2D eigenvalue weighted by Gasteiger charge is -2.34. The number of aromatic nitrogens is 1. The maximum absolute atomic E-state index is 13.1. The molecule has 0 radical (unpaired) electrons. The van der Waals surface area contributed by atoms with Crippen LogP contribution in [0.15, 0.2) is 53.6 Å². The Morgan fingerprint density at radius 3 is 2.67 bits per heavy atom. The van der Waals surface area contributed by atoms with E-state index in [9.17, 15) is 13.2 Å². The molecule has 1 N–H and O–H groups in total. The Morgan fingerprint density at radius 1 is 1.19 bits per heavy atom. The number of pyridine rings is 1. The van der Waals surface area contributed by atoms with Gasteiger partial charge in [-0.15, -0.1) is 0 Å². The number of nitrogens with zero attached hydrogens (tertiary/aromatic N) is 2. The second-order valence-corrected chi connectivity index (χ2v) is 8.77. The number of nitrogens with one attached hydrogen (secondary N) is 1. The average molecular weight is 388 g/mol. The first-order valence-corrected chi connectivity index (χ1v) is 10.7. The summed E-state index contributed by atoms with van der Waals surface area (Å²) in [4.78, 5) is 16.8. The first-order chi connectivity index (χ1) is 13.0. The molecular weight excluding hydrogens is 362 g/mol. The van der Waals surface area contributed by atoms with E-state index in [0.717, 1.165) is 24.1 Å². The van der Waals surface area contributed by atoms with Crippen LogP contribution in [-0.4, -0.2) is 36.2 Å². The van der Waals surface area contributed by atoms with Gasteiger partial charge in [0, 0.05) is 25.2 Å². The average Bonchev–Trinajstić information content (AvgIpc) is 2.68. The van der Waals surface area contributed by atoms with Gasteiger partial charge in [0.1, 0.15) is 0 Å². The molecule has 1 aromatic heterocycles. The summed E-state index contributed by atoms with van der Waals surface area (Å²) in [5.74, 6) is -0.156. The lowest BCUT2D eigenvalue weighted by molar-refractivity contribution is -0.122. The van der Waals surface area contributed by atoms with Crippen LogP contribution in [0.3, 0.4) is 0 Å². The maximum atomic E-state index is 13.1. The summed E-state index contributed by atoms with van der Waals surface area (Å²) >= 11 is 0. The minimum atomic E-state index is -3.60. The zero-order chi connectivity index (χ0) is 19.3. The van der Waals surface area contributed by atoms with E-state index in [4.69, 9.17) is 0 Å². The van der Waals surface area contributed by atoms with Gasteiger partial charge in [-0.1, -0.05) is 30.2 Å². The van der Waals surface area contributed by atoms with Crippen molar-refractivity contribution in [2.45, 2.75) is 50.1 Å². The normalized spacial score (nSPS) is 18.2. The monoisotopic (exact) mass is 387 g/mol. The highest BCUT2D eigenvalue weighted by Gasteiger charge is 2.34. The summed E-state index contributed by atoms with van der Waals surface area (Å²) in [6, 6.07) is 12.1. The van der Waals surface area contributed by atoms with Gasteiger partial charge in [0.15, 0.2) is 0 Å². The predicted molar refractivity (Wildman–Crippen MR) is 103 cm³/mol. The number of carbonyl (C=O) groups is 1. The van der Waals surface area contributed by atoms with Gasteiger partial charge in [-0.3, -0.25) is 9.78 Å². The van der Waals surface area contributed by atoms with Gasteiger partial charge in [0.25, 0.3) is 0 Å². The van der Waals surface area contributed by atoms with Gasteiger partial charge in [0.05, 0.1) is 17.1 Å².